The third kappa shape index (κ3) is 2.64. The molecule has 2 aliphatic rings. The van der Waals surface area contributed by atoms with Crippen molar-refractivity contribution in [2.45, 2.75) is 31.7 Å². The van der Waals surface area contributed by atoms with E-state index in [2.05, 4.69) is 5.32 Å². The van der Waals surface area contributed by atoms with Gasteiger partial charge in [-0.1, -0.05) is 0 Å². The van der Waals surface area contributed by atoms with Crippen molar-refractivity contribution in [1.29, 1.82) is 0 Å². The Labute approximate surface area is 112 Å². The molecule has 0 spiro atoms. The molecule has 3 rings (SSSR count). The van der Waals surface area contributed by atoms with E-state index in [4.69, 9.17) is 4.74 Å². The van der Waals surface area contributed by atoms with Gasteiger partial charge in [0.1, 0.15) is 11.4 Å². The number of hydrogen-bond donors (Lipinski definition) is 1. The molecule has 0 bridgehead atoms. The van der Waals surface area contributed by atoms with E-state index in [1.807, 2.05) is 0 Å². The Balaban J connectivity index is 1.84. The first-order valence-corrected chi connectivity index (χ1v) is 6.78. The number of methoxy groups -OCH3 is 1. The lowest BCUT2D eigenvalue weighted by Gasteiger charge is -2.19. The van der Waals surface area contributed by atoms with E-state index >= 15 is 0 Å². The van der Waals surface area contributed by atoms with E-state index in [-0.39, 0.29) is 10.6 Å². The summed E-state index contributed by atoms with van der Waals surface area (Å²) in [6, 6.07) is 5.42. The van der Waals surface area contributed by atoms with E-state index in [0.717, 1.165) is 0 Å². The van der Waals surface area contributed by atoms with Crippen molar-refractivity contribution in [3.8, 4) is 5.75 Å². The standard InChI is InChI=1S/C14H18N2O3/c1-19-11-6-7-12(13(8-11)16(17)18)15-14(9-2-3-9)10-4-5-10/h6-10,14-15H,2-5H2,1H3. The van der Waals surface area contributed by atoms with Crippen LogP contribution in [0.4, 0.5) is 11.4 Å². The topological polar surface area (TPSA) is 64.4 Å². The summed E-state index contributed by atoms with van der Waals surface area (Å²) in [6.07, 6.45) is 4.99. The van der Waals surface area contributed by atoms with E-state index < -0.39 is 0 Å². The number of benzene rings is 1. The molecule has 102 valence electrons. The predicted molar refractivity (Wildman–Crippen MR) is 72.5 cm³/mol. The molecule has 1 aromatic carbocycles. The average Bonchev–Trinajstić information content (AvgIpc) is 3.29. The van der Waals surface area contributed by atoms with Crippen LogP contribution in [0.3, 0.4) is 0 Å². The highest BCUT2D eigenvalue weighted by Crippen LogP contribution is 2.46. The second kappa shape index (κ2) is 4.72. The van der Waals surface area contributed by atoms with Crippen LogP contribution in [0.15, 0.2) is 18.2 Å². The lowest BCUT2D eigenvalue weighted by atomic mass is 10.1. The van der Waals surface area contributed by atoms with Gasteiger partial charge in [-0.15, -0.1) is 0 Å². The highest BCUT2D eigenvalue weighted by molar-refractivity contribution is 5.64. The fourth-order valence-corrected chi connectivity index (χ4v) is 2.62. The molecule has 5 nitrogen and oxygen atoms in total. The summed E-state index contributed by atoms with van der Waals surface area (Å²) >= 11 is 0. The second-order valence-corrected chi connectivity index (χ2v) is 5.49. The lowest BCUT2D eigenvalue weighted by Crippen LogP contribution is -2.24. The number of nitro benzene ring substituents is 1. The third-order valence-corrected chi connectivity index (χ3v) is 3.98. The summed E-state index contributed by atoms with van der Waals surface area (Å²) in [5, 5.41) is 14.6. The van der Waals surface area contributed by atoms with Gasteiger partial charge in [-0.3, -0.25) is 10.1 Å². The Hall–Kier alpha value is -1.78. The molecule has 1 aromatic rings. The van der Waals surface area contributed by atoms with Gasteiger partial charge in [0, 0.05) is 6.04 Å². The summed E-state index contributed by atoms with van der Waals surface area (Å²) in [7, 11) is 1.52. The molecule has 0 radical (unpaired) electrons. The maximum absolute atomic E-state index is 11.2. The Morgan fingerprint density at radius 1 is 1.32 bits per heavy atom. The Morgan fingerprint density at radius 3 is 2.42 bits per heavy atom. The van der Waals surface area contributed by atoms with Crippen LogP contribution in [0.2, 0.25) is 0 Å². The van der Waals surface area contributed by atoms with Gasteiger partial charge in [0.15, 0.2) is 0 Å². The normalized spacial score (nSPS) is 18.4. The summed E-state index contributed by atoms with van der Waals surface area (Å²) in [6.45, 7) is 0. The molecule has 5 heteroatoms. The van der Waals surface area contributed by atoms with Crippen molar-refractivity contribution in [2.24, 2.45) is 11.8 Å². The quantitative estimate of drug-likeness (QED) is 0.631. The highest BCUT2D eigenvalue weighted by atomic mass is 16.6. The molecule has 2 fully saturated rings. The summed E-state index contributed by atoms with van der Waals surface area (Å²) in [4.78, 5) is 10.8. The zero-order valence-electron chi connectivity index (χ0n) is 11.0. The van der Waals surface area contributed by atoms with Crippen LogP contribution in [-0.4, -0.2) is 18.1 Å². The summed E-state index contributed by atoms with van der Waals surface area (Å²) in [5.41, 5.74) is 0.722. The first kappa shape index (κ1) is 12.3. The van der Waals surface area contributed by atoms with Crippen molar-refractivity contribution < 1.29 is 9.66 Å². The number of nitrogens with one attached hydrogen (secondary N) is 1. The largest absolute Gasteiger partial charge is 0.496 e. The molecule has 2 saturated carbocycles. The van der Waals surface area contributed by atoms with Crippen LogP contribution in [-0.2, 0) is 0 Å². The predicted octanol–water partition coefficient (Wildman–Crippen LogP) is 3.20. The molecule has 1 N–H and O–H groups in total. The van der Waals surface area contributed by atoms with Gasteiger partial charge in [-0.05, 0) is 49.7 Å². The van der Waals surface area contributed by atoms with Crippen LogP contribution >= 0.6 is 0 Å². The molecule has 2 aliphatic carbocycles. The zero-order chi connectivity index (χ0) is 13.4. The van der Waals surface area contributed by atoms with E-state index in [9.17, 15) is 10.1 Å². The number of rotatable bonds is 6. The second-order valence-electron chi connectivity index (χ2n) is 5.49. The maximum atomic E-state index is 11.2. The number of nitro groups is 1. The van der Waals surface area contributed by atoms with Crippen LogP contribution in [0.5, 0.6) is 5.75 Å². The number of ether oxygens (including phenoxy) is 1. The molecular weight excluding hydrogens is 244 g/mol. The zero-order valence-corrected chi connectivity index (χ0v) is 11.0. The molecule has 19 heavy (non-hydrogen) atoms. The molecule has 0 atom stereocenters. The Morgan fingerprint density at radius 2 is 1.95 bits per heavy atom. The van der Waals surface area contributed by atoms with Crippen molar-refractivity contribution in [3.63, 3.8) is 0 Å². The van der Waals surface area contributed by atoms with Crippen molar-refractivity contribution in [2.75, 3.05) is 12.4 Å². The molecule has 0 aliphatic heterocycles. The summed E-state index contributed by atoms with van der Waals surface area (Å²) in [5.74, 6) is 1.93. The fourth-order valence-electron chi connectivity index (χ4n) is 2.62. The van der Waals surface area contributed by atoms with Crippen molar-refractivity contribution in [1.82, 2.24) is 0 Å². The van der Waals surface area contributed by atoms with E-state index in [1.54, 1.807) is 12.1 Å². The van der Waals surface area contributed by atoms with Gasteiger partial charge in [0.25, 0.3) is 5.69 Å². The van der Waals surface area contributed by atoms with Crippen LogP contribution in [0.1, 0.15) is 25.7 Å². The van der Waals surface area contributed by atoms with Gasteiger partial charge in [-0.25, -0.2) is 0 Å². The van der Waals surface area contributed by atoms with Gasteiger partial charge in [-0.2, -0.15) is 0 Å². The third-order valence-electron chi connectivity index (χ3n) is 3.98. The summed E-state index contributed by atoms with van der Waals surface area (Å²) < 4.78 is 5.05. The number of nitrogens with zero attached hydrogens (tertiary/aromatic N) is 1. The fraction of sp³-hybridized carbons (Fsp3) is 0.571. The van der Waals surface area contributed by atoms with Crippen LogP contribution < -0.4 is 10.1 Å². The van der Waals surface area contributed by atoms with E-state index in [1.165, 1.54) is 38.9 Å². The molecular formula is C14H18N2O3. The number of anilines is 1. The van der Waals surface area contributed by atoms with E-state index in [0.29, 0.717) is 29.3 Å². The Kier molecular flexibility index (Phi) is 3.05. The monoisotopic (exact) mass is 262 g/mol. The minimum Gasteiger partial charge on any atom is -0.496 e. The molecule has 0 amide bonds. The van der Waals surface area contributed by atoms with Gasteiger partial charge >= 0.3 is 0 Å². The first-order chi connectivity index (χ1) is 9.19. The molecule has 0 heterocycles. The molecule has 0 aromatic heterocycles. The van der Waals surface area contributed by atoms with Gasteiger partial charge in [0.05, 0.1) is 18.1 Å². The molecule has 0 saturated heterocycles. The maximum Gasteiger partial charge on any atom is 0.296 e. The van der Waals surface area contributed by atoms with Gasteiger partial charge in [0.2, 0.25) is 0 Å². The van der Waals surface area contributed by atoms with Crippen LogP contribution in [0.25, 0.3) is 0 Å². The average molecular weight is 262 g/mol. The minimum absolute atomic E-state index is 0.102. The minimum atomic E-state index is -0.346. The van der Waals surface area contributed by atoms with Crippen LogP contribution in [0, 0.1) is 22.0 Å². The van der Waals surface area contributed by atoms with Gasteiger partial charge < -0.3 is 10.1 Å². The lowest BCUT2D eigenvalue weighted by molar-refractivity contribution is -0.384. The smallest absolute Gasteiger partial charge is 0.296 e. The Bertz CT molecular complexity index is 483. The molecule has 0 unspecified atom stereocenters. The highest BCUT2D eigenvalue weighted by Gasteiger charge is 2.42. The van der Waals surface area contributed by atoms with Crippen molar-refractivity contribution >= 4 is 11.4 Å². The first-order valence-electron chi connectivity index (χ1n) is 6.78. The van der Waals surface area contributed by atoms with Crippen molar-refractivity contribution in [3.05, 3.63) is 28.3 Å². The SMILES string of the molecule is COc1ccc(NC(C2CC2)C2CC2)c([N+](=O)[O-])c1. The number of hydrogen-bond acceptors (Lipinski definition) is 4.